The van der Waals surface area contributed by atoms with Gasteiger partial charge in [-0.15, -0.1) is 0 Å². The van der Waals surface area contributed by atoms with E-state index in [2.05, 4.69) is 39.0 Å². The zero-order chi connectivity index (χ0) is 19.8. The van der Waals surface area contributed by atoms with Crippen molar-refractivity contribution in [3.05, 3.63) is 18.6 Å². The van der Waals surface area contributed by atoms with Crippen LogP contribution in [0.25, 0.3) is 11.0 Å². The molecule has 0 aromatic carbocycles. The molecular formula is C20H27N5O2. The monoisotopic (exact) mass is 369 g/mol. The number of aromatic amines is 1. The minimum atomic E-state index is 0.321. The Morgan fingerprint density at radius 1 is 1.19 bits per heavy atom. The summed E-state index contributed by atoms with van der Waals surface area (Å²) in [5.41, 5.74) is 0.909. The Balaban J connectivity index is 0.000000614. The molecule has 2 aromatic rings. The molecule has 2 saturated carbocycles. The average molecular weight is 369 g/mol. The normalized spacial score (nSPS) is 25.9. The minimum absolute atomic E-state index is 0.321. The van der Waals surface area contributed by atoms with Crippen LogP contribution in [0.3, 0.4) is 0 Å². The molecule has 2 heterocycles. The van der Waals surface area contributed by atoms with Gasteiger partial charge in [-0.3, -0.25) is 0 Å². The van der Waals surface area contributed by atoms with Crippen LogP contribution in [0.4, 0.5) is 5.82 Å². The standard InChI is InChI=1S/C18H23N5.2CH2O/c1-23(18-16-4-5-20-17(16)21-11-22-18)15-8-14(9-15)7-12-2-3-13(6-12)10-19;2*1-2/h4-5,11-15H,2-3,6-9H2,1H3,(H,20,21,22);2*1H2. The van der Waals surface area contributed by atoms with Crippen LogP contribution < -0.4 is 4.90 Å². The fraction of sp³-hybridized carbons (Fsp3) is 0.550. The van der Waals surface area contributed by atoms with Crippen molar-refractivity contribution in [1.29, 1.82) is 5.26 Å². The highest BCUT2D eigenvalue weighted by Crippen LogP contribution is 2.42. The van der Waals surface area contributed by atoms with E-state index in [-0.39, 0.29) is 0 Å². The van der Waals surface area contributed by atoms with E-state index in [1.807, 2.05) is 19.8 Å². The van der Waals surface area contributed by atoms with Crippen molar-refractivity contribution in [2.75, 3.05) is 11.9 Å². The molecule has 7 nitrogen and oxygen atoms in total. The maximum absolute atomic E-state index is 9.03. The summed E-state index contributed by atoms with van der Waals surface area (Å²) in [4.78, 5) is 30.2. The molecule has 0 spiro atoms. The van der Waals surface area contributed by atoms with Gasteiger partial charge in [0.15, 0.2) is 0 Å². The number of aromatic nitrogens is 3. The van der Waals surface area contributed by atoms with Gasteiger partial charge in [-0.1, -0.05) is 0 Å². The first-order valence-electron chi connectivity index (χ1n) is 9.23. The molecule has 1 N–H and O–H groups in total. The maximum atomic E-state index is 9.03. The Hall–Kier alpha value is -2.75. The quantitative estimate of drug-likeness (QED) is 0.888. The lowest BCUT2D eigenvalue weighted by Crippen LogP contribution is -2.43. The number of fused-ring (bicyclic) bond motifs is 1. The van der Waals surface area contributed by atoms with Gasteiger partial charge >= 0.3 is 0 Å². The number of nitrogens with zero attached hydrogens (tertiary/aromatic N) is 4. The number of carbonyl (C=O) groups is 2. The van der Waals surface area contributed by atoms with E-state index >= 15 is 0 Å². The van der Waals surface area contributed by atoms with E-state index in [9.17, 15) is 0 Å². The number of nitrogens with one attached hydrogen (secondary N) is 1. The second-order valence-corrected chi connectivity index (χ2v) is 7.28. The molecule has 144 valence electrons. The summed E-state index contributed by atoms with van der Waals surface area (Å²) < 4.78 is 0. The third-order valence-corrected chi connectivity index (χ3v) is 5.82. The molecule has 4 rings (SSSR count). The van der Waals surface area contributed by atoms with Crippen molar-refractivity contribution >= 4 is 30.4 Å². The van der Waals surface area contributed by atoms with Crippen molar-refractivity contribution in [1.82, 2.24) is 15.0 Å². The lowest BCUT2D eigenvalue weighted by molar-refractivity contribution is -0.0987. The molecular weight excluding hydrogens is 342 g/mol. The fourth-order valence-electron chi connectivity index (χ4n) is 4.40. The summed E-state index contributed by atoms with van der Waals surface area (Å²) in [6, 6.07) is 5.08. The molecule has 2 atom stereocenters. The highest BCUT2D eigenvalue weighted by Gasteiger charge is 2.36. The zero-order valence-corrected chi connectivity index (χ0v) is 15.8. The molecule has 2 unspecified atom stereocenters. The second kappa shape index (κ2) is 9.81. The first-order valence-corrected chi connectivity index (χ1v) is 9.23. The van der Waals surface area contributed by atoms with Crippen LogP contribution in [-0.4, -0.2) is 41.6 Å². The Morgan fingerprint density at radius 3 is 2.59 bits per heavy atom. The summed E-state index contributed by atoms with van der Waals surface area (Å²) in [7, 11) is 2.15. The van der Waals surface area contributed by atoms with E-state index in [0.29, 0.717) is 12.0 Å². The molecule has 2 aliphatic rings. The van der Waals surface area contributed by atoms with Gasteiger partial charge in [0.25, 0.3) is 0 Å². The van der Waals surface area contributed by atoms with Crippen LogP contribution >= 0.6 is 0 Å². The first-order chi connectivity index (χ1) is 13.2. The Kier molecular flexibility index (Phi) is 7.47. The third kappa shape index (κ3) is 4.51. The summed E-state index contributed by atoms with van der Waals surface area (Å²) in [6.45, 7) is 4.00. The van der Waals surface area contributed by atoms with Crippen LogP contribution in [0.15, 0.2) is 18.6 Å². The Bertz CT molecular complexity index is 763. The van der Waals surface area contributed by atoms with E-state index in [1.54, 1.807) is 6.33 Å². The van der Waals surface area contributed by atoms with Gasteiger partial charge in [0.1, 0.15) is 31.4 Å². The number of H-pyrrole nitrogens is 1. The molecule has 0 bridgehead atoms. The maximum Gasteiger partial charge on any atom is 0.142 e. The number of carbonyl (C=O) groups excluding carboxylic acids is 2. The van der Waals surface area contributed by atoms with Gasteiger partial charge in [-0.25, -0.2) is 9.97 Å². The predicted octanol–water partition coefficient (Wildman–Crippen LogP) is 3.13. The summed E-state index contributed by atoms with van der Waals surface area (Å²) in [6.07, 6.45) is 10.9. The van der Waals surface area contributed by atoms with Crippen molar-refractivity contribution in [2.45, 2.75) is 44.6 Å². The van der Waals surface area contributed by atoms with Gasteiger partial charge in [0, 0.05) is 25.2 Å². The highest BCUT2D eigenvalue weighted by molar-refractivity contribution is 5.87. The molecule has 2 fully saturated rings. The predicted molar refractivity (Wildman–Crippen MR) is 104 cm³/mol. The van der Waals surface area contributed by atoms with Gasteiger partial charge in [-0.05, 0) is 56.4 Å². The topological polar surface area (TPSA) is 103 Å². The minimum Gasteiger partial charge on any atom is -0.356 e. The third-order valence-electron chi connectivity index (χ3n) is 5.82. The van der Waals surface area contributed by atoms with Gasteiger partial charge in [0.05, 0.1) is 11.5 Å². The van der Waals surface area contributed by atoms with Gasteiger partial charge in [-0.2, -0.15) is 5.26 Å². The zero-order valence-electron chi connectivity index (χ0n) is 15.8. The Labute approximate surface area is 159 Å². The van der Waals surface area contributed by atoms with E-state index in [0.717, 1.165) is 41.5 Å². The number of hydrogen-bond acceptors (Lipinski definition) is 6. The number of nitriles is 1. The van der Waals surface area contributed by atoms with Crippen molar-refractivity contribution in [3.63, 3.8) is 0 Å². The van der Waals surface area contributed by atoms with Crippen molar-refractivity contribution < 1.29 is 9.59 Å². The van der Waals surface area contributed by atoms with Crippen LogP contribution in [0.5, 0.6) is 0 Å². The highest BCUT2D eigenvalue weighted by atomic mass is 16.1. The molecule has 0 amide bonds. The lowest BCUT2D eigenvalue weighted by atomic mass is 9.74. The molecule has 2 aliphatic carbocycles. The fourth-order valence-corrected chi connectivity index (χ4v) is 4.40. The average Bonchev–Trinajstić information content (AvgIpc) is 3.35. The number of anilines is 1. The molecule has 27 heavy (non-hydrogen) atoms. The van der Waals surface area contributed by atoms with Crippen LogP contribution in [0.1, 0.15) is 38.5 Å². The molecule has 2 aromatic heterocycles. The largest absolute Gasteiger partial charge is 0.356 e. The van der Waals surface area contributed by atoms with Crippen molar-refractivity contribution in [2.24, 2.45) is 17.8 Å². The van der Waals surface area contributed by atoms with Crippen molar-refractivity contribution in [3.8, 4) is 6.07 Å². The summed E-state index contributed by atoms with van der Waals surface area (Å²) in [5, 5.41) is 10.1. The van der Waals surface area contributed by atoms with E-state index in [1.165, 1.54) is 25.7 Å². The van der Waals surface area contributed by atoms with E-state index in [4.69, 9.17) is 14.9 Å². The first kappa shape index (κ1) is 20.6. The smallest absolute Gasteiger partial charge is 0.142 e. The molecule has 7 heteroatoms. The second-order valence-electron chi connectivity index (χ2n) is 7.28. The van der Waals surface area contributed by atoms with Crippen LogP contribution in [0.2, 0.25) is 0 Å². The van der Waals surface area contributed by atoms with E-state index < -0.39 is 0 Å². The van der Waals surface area contributed by atoms with Crippen LogP contribution in [0, 0.1) is 29.1 Å². The van der Waals surface area contributed by atoms with Gasteiger partial charge < -0.3 is 19.5 Å². The molecule has 0 aliphatic heterocycles. The summed E-state index contributed by atoms with van der Waals surface area (Å²) in [5.74, 6) is 2.96. The van der Waals surface area contributed by atoms with Crippen LogP contribution in [-0.2, 0) is 9.59 Å². The number of hydrogen-bond donors (Lipinski definition) is 1. The van der Waals surface area contributed by atoms with Gasteiger partial charge in [0.2, 0.25) is 0 Å². The summed E-state index contributed by atoms with van der Waals surface area (Å²) >= 11 is 0. The lowest BCUT2D eigenvalue weighted by Gasteiger charge is -2.43. The number of rotatable bonds is 4. The molecule has 0 saturated heterocycles. The Morgan fingerprint density at radius 2 is 1.93 bits per heavy atom. The SMILES string of the molecule is C=O.C=O.CN(c1ncnc2[nH]ccc12)C1CC(CC2CCC(C#N)C2)C1. The molecule has 0 radical (unpaired) electrons.